The minimum atomic E-state index is -5.14. The lowest BCUT2D eigenvalue weighted by molar-refractivity contribution is 0.414. The Bertz CT molecular complexity index is 1370. The quantitative estimate of drug-likeness (QED) is 0.845. The summed E-state index contributed by atoms with van der Waals surface area (Å²) in [6, 6.07) is -3.30. The van der Waals surface area contributed by atoms with Crippen molar-refractivity contribution < 1.29 is 34.5 Å². The van der Waals surface area contributed by atoms with Crippen molar-refractivity contribution in [1.82, 2.24) is 14.6 Å². The van der Waals surface area contributed by atoms with Gasteiger partial charge in [-0.15, -0.1) is 0 Å². The number of benzene rings is 1. The van der Waals surface area contributed by atoms with Crippen LogP contribution in [-0.4, -0.2) is 45.7 Å². The summed E-state index contributed by atoms with van der Waals surface area (Å²) < 4.78 is 172. The fourth-order valence-corrected chi connectivity index (χ4v) is 1.93. The molecule has 0 fully saturated rings. The molecule has 2 N–H and O–H groups in total. The van der Waals surface area contributed by atoms with Crippen LogP contribution < -0.4 is 4.72 Å². The summed E-state index contributed by atoms with van der Waals surface area (Å²) in [7, 11) is -5.14. The minimum Gasteiger partial charge on any atom is -0.361 e. The maximum atomic E-state index is 12.5. The average molecular weight is 315 g/mol. The number of hydrogen-bond acceptors (Lipinski definition) is 3. The summed E-state index contributed by atoms with van der Waals surface area (Å²) in [5.41, 5.74) is -3.13. The molecule has 0 unspecified atom stereocenters. The van der Waals surface area contributed by atoms with E-state index in [0.717, 1.165) is 0 Å². The van der Waals surface area contributed by atoms with Crippen LogP contribution in [0.25, 0.3) is 10.9 Å². The number of aromatic amines is 1. The van der Waals surface area contributed by atoms with Gasteiger partial charge in [-0.2, -0.15) is 0 Å². The van der Waals surface area contributed by atoms with Gasteiger partial charge >= 0.3 is 0 Å². The molecule has 1 aromatic heterocycles. The molecule has 0 radical (unpaired) electrons. The third-order valence-corrected chi connectivity index (χ3v) is 3.06. The Hall–Kier alpha value is -1.37. The number of H-pyrrole nitrogens is 1. The topological polar surface area (TPSA) is 65.2 Å². The van der Waals surface area contributed by atoms with E-state index in [1.807, 2.05) is 0 Å². The molecule has 1 heterocycles. The van der Waals surface area contributed by atoms with Gasteiger partial charge in [-0.25, -0.2) is 13.1 Å². The Morgan fingerprint density at radius 1 is 1.60 bits per heavy atom. The lowest BCUT2D eigenvalue weighted by atomic mass is 10.1. The van der Waals surface area contributed by atoms with Crippen LogP contribution in [0.15, 0.2) is 24.3 Å². The monoisotopic (exact) mass is 314 g/mol. The fraction of sp³-hybridized carbons (Fsp3) is 0.429. The van der Waals surface area contributed by atoms with Crippen LogP contribution in [0.5, 0.6) is 0 Å². The molecule has 0 saturated carbocycles. The molecule has 6 heteroatoms. The first-order chi connectivity index (χ1) is 17.0. The third-order valence-electron chi connectivity index (χ3n) is 2.13. The largest absolute Gasteiger partial charge is 0.361 e. The van der Waals surface area contributed by atoms with Crippen LogP contribution in [0.4, 0.5) is 0 Å². The zero-order chi connectivity index (χ0) is 31.1. The van der Waals surface area contributed by atoms with Gasteiger partial charge < -0.3 is 9.88 Å². The molecule has 0 atom stereocenters. The Morgan fingerprint density at radius 3 is 3.20 bits per heavy atom. The van der Waals surface area contributed by atoms with E-state index >= 15 is 0 Å². The van der Waals surface area contributed by atoms with Crippen molar-refractivity contribution in [2.75, 3.05) is 27.4 Å². The van der Waals surface area contributed by atoms with Crippen molar-refractivity contribution in [2.45, 2.75) is 12.1 Å². The molecule has 0 spiro atoms. The number of aromatic nitrogens is 1. The third kappa shape index (κ3) is 3.59. The van der Waals surface area contributed by atoms with E-state index in [-0.39, 0.29) is 4.98 Å². The second kappa shape index (κ2) is 5.95. The zero-order valence-corrected chi connectivity index (χ0v) is 10.6. The van der Waals surface area contributed by atoms with Crippen molar-refractivity contribution >= 4 is 20.9 Å². The molecule has 0 bridgehead atoms. The van der Waals surface area contributed by atoms with Gasteiger partial charge in [-0.1, -0.05) is 6.04 Å². The molecule has 5 nitrogen and oxygen atoms in total. The van der Waals surface area contributed by atoms with Crippen LogP contribution in [0, 0.1) is 0 Å². The van der Waals surface area contributed by atoms with E-state index in [2.05, 4.69) is 0 Å². The Balaban J connectivity index is 3.03. The van der Waals surface area contributed by atoms with Crippen LogP contribution in [0.3, 0.4) is 0 Å². The van der Waals surface area contributed by atoms with Crippen molar-refractivity contribution in [1.29, 1.82) is 0 Å². The zero-order valence-electron chi connectivity index (χ0n) is 28.8. The van der Waals surface area contributed by atoms with Gasteiger partial charge in [0.2, 0.25) is 10.0 Å². The molecule has 0 saturated heterocycles. The molecule has 2 rings (SSSR count). The SMILES string of the molecule is [2H]c1c(CS(=O)(=O)N([2H])C([2H])([2H])[2H])c([2H])c2c(C([2H])([2H])C([2H])([2H])N(C([2H])([2H])[2H])C([2H])([2H])[2H])c([2H])n([2H])c2c1[2H]. The minimum absolute atomic E-state index is 0.00348. The molecule has 20 heavy (non-hydrogen) atoms. The standard InChI is InChI=1S/C14H21N3O2S/c1-15-20(18,19)10-11-4-5-14-13(8-11)12(9-16-14)6-7-17(2)3/h4-5,8-9,15-16H,6-7,10H2,1-3H3/i1D3,2D3,3D3,4D,5D,6D2,7D2,8D,9D/hD2. The first kappa shape index (κ1) is 3.88. The number of hydrogen-bond donors (Lipinski definition) is 2. The summed E-state index contributed by atoms with van der Waals surface area (Å²) >= 11 is 0. The molecular weight excluding hydrogens is 274 g/mol. The second-order valence-electron chi connectivity index (χ2n) is 3.57. The normalized spacial score (nSPS) is 29.8. The highest BCUT2D eigenvalue weighted by molar-refractivity contribution is 7.88. The maximum Gasteiger partial charge on any atom is 0.215 e. The Morgan fingerprint density at radius 2 is 2.45 bits per heavy atom. The highest BCUT2D eigenvalue weighted by Crippen LogP contribution is 2.21. The average Bonchev–Trinajstić information content (AvgIpc) is 2.97. The number of nitrogens with zero attached hydrogens (tertiary/aromatic N) is 1. The van der Waals surface area contributed by atoms with E-state index < -0.39 is 106 Å². The molecule has 110 valence electrons. The predicted octanol–water partition coefficient (Wildman–Crippen LogP) is 1.32. The Kier molecular flexibility index (Phi) is 1.15. The van der Waals surface area contributed by atoms with Crippen LogP contribution in [0.1, 0.15) is 34.4 Å². The van der Waals surface area contributed by atoms with Gasteiger partial charge in [0.15, 0.2) is 1.41 Å². The number of sulfonamides is 1. The van der Waals surface area contributed by atoms with Gasteiger partial charge in [0, 0.05) is 41.4 Å². The molecule has 2 aromatic rings. The van der Waals surface area contributed by atoms with Crippen molar-refractivity contribution in [3.8, 4) is 0 Å². The van der Waals surface area contributed by atoms with E-state index in [0.29, 0.717) is 0 Å². The lowest BCUT2D eigenvalue weighted by Gasteiger charge is -2.08. The number of aryl methyl sites for hydroxylation is 1. The lowest BCUT2D eigenvalue weighted by Crippen LogP contribution is -2.20. The van der Waals surface area contributed by atoms with Crippen LogP contribution in [-0.2, 0) is 22.1 Å². The van der Waals surface area contributed by atoms with Crippen molar-refractivity contribution in [3.05, 3.63) is 35.4 Å². The summed E-state index contributed by atoms with van der Waals surface area (Å²) in [6.07, 6.45) is -5.12. The molecule has 1 aromatic carbocycles. The number of fused-ring (bicyclic) bond motifs is 1. The fourth-order valence-electron chi connectivity index (χ4n) is 1.36. The molecule has 0 aliphatic carbocycles. The van der Waals surface area contributed by atoms with Gasteiger partial charge in [-0.3, -0.25) is 0 Å². The first-order valence-electron chi connectivity index (χ1n) is 14.4. The van der Waals surface area contributed by atoms with Gasteiger partial charge in [0.1, 0.15) is 1.41 Å². The van der Waals surface area contributed by atoms with Gasteiger partial charge in [0.05, 0.1) is 11.2 Å². The van der Waals surface area contributed by atoms with E-state index in [1.165, 1.54) is 0 Å². The molecule has 0 aliphatic rings. The molecule has 0 amide bonds. The van der Waals surface area contributed by atoms with E-state index in [1.54, 1.807) is 0 Å². The molecular formula is C14H21N3O2S. The highest BCUT2D eigenvalue weighted by Gasteiger charge is 2.11. The number of rotatable bonds is 6. The van der Waals surface area contributed by atoms with Gasteiger partial charge in [-0.05, 0) is 50.5 Å². The van der Waals surface area contributed by atoms with Crippen LogP contribution in [0.2, 0.25) is 2.82 Å². The van der Waals surface area contributed by atoms with Crippen LogP contribution >= 0.6 is 0 Å². The summed E-state index contributed by atoms with van der Waals surface area (Å²) in [5, 5.41) is -0.989. The number of likely N-dealkylation sites (N-methyl/N-ethyl adjacent to an activating group) is 1. The first-order valence-corrected chi connectivity index (χ1v) is 6.61. The number of nitrogens with one attached hydrogen (secondary N) is 2. The Labute approximate surface area is 146 Å². The van der Waals surface area contributed by atoms with E-state index in [4.69, 9.17) is 26.1 Å². The predicted molar refractivity (Wildman–Crippen MR) is 82.2 cm³/mol. The summed E-state index contributed by atoms with van der Waals surface area (Å²) in [4.78, 5) is -0.757. The maximum absolute atomic E-state index is 12.5. The highest BCUT2D eigenvalue weighted by atomic mass is 32.2. The van der Waals surface area contributed by atoms with Gasteiger partial charge in [0.25, 0.3) is 0 Å². The van der Waals surface area contributed by atoms with Crippen molar-refractivity contribution in [3.63, 3.8) is 0 Å². The van der Waals surface area contributed by atoms with E-state index in [9.17, 15) is 8.42 Å². The van der Waals surface area contributed by atoms with Crippen molar-refractivity contribution in [2.24, 2.45) is 0 Å². The smallest absolute Gasteiger partial charge is 0.215 e. The summed E-state index contributed by atoms with van der Waals surface area (Å²) in [6.45, 7) is -15.1. The molecule has 0 aliphatic heterocycles. The second-order valence-corrected chi connectivity index (χ2v) is 5.20. The summed E-state index contributed by atoms with van der Waals surface area (Å²) in [5.74, 6) is -1.56.